The van der Waals surface area contributed by atoms with Gasteiger partial charge in [0.05, 0.1) is 24.7 Å². The van der Waals surface area contributed by atoms with Crippen LogP contribution in [0.5, 0.6) is 0 Å². The number of carbonyl (C=O) groups excluding carboxylic acids is 4. The van der Waals surface area contributed by atoms with Gasteiger partial charge in [0.25, 0.3) is 0 Å². The average molecular weight is 515 g/mol. The van der Waals surface area contributed by atoms with E-state index in [1.54, 1.807) is 14.0 Å². The summed E-state index contributed by atoms with van der Waals surface area (Å²) in [5.41, 5.74) is 5.49. The van der Waals surface area contributed by atoms with E-state index in [4.69, 9.17) is 10.5 Å². The molecule has 0 saturated carbocycles. The maximum atomic E-state index is 12.9. The number of likely N-dealkylation sites (tertiary alicyclic amines) is 1. The van der Waals surface area contributed by atoms with E-state index in [2.05, 4.69) is 21.3 Å². The summed E-state index contributed by atoms with van der Waals surface area (Å²) in [6.07, 6.45) is 0.557. The fraction of sp³-hybridized carbons (Fsp3) is 0.826. The van der Waals surface area contributed by atoms with Crippen LogP contribution in [0.25, 0.3) is 0 Å². The van der Waals surface area contributed by atoms with E-state index in [9.17, 15) is 29.4 Å². The maximum absolute atomic E-state index is 12.9. The minimum absolute atomic E-state index is 0.0407. The van der Waals surface area contributed by atoms with Gasteiger partial charge < -0.3 is 46.9 Å². The van der Waals surface area contributed by atoms with Gasteiger partial charge in [-0.1, -0.05) is 6.42 Å². The Bertz CT molecular complexity index is 769. The lowest BCUT2D eigenvalue weighted by atomic mass is 9.99. The number of likely N-dealkylation sites (N-methyl/N-ethyl adjacent to an activating group) is 1. The van der Waals surface area contributed by atoms with Crippen LogP contribution in [0, 0.1) is 0 Å². The zero-order chi connectivity index (χ0) is 26.8. The van der Waals surface area contributed by atoms with Crippen molar-refractivity contribution >= 4 is 23.6 Å². The average Bonchev–Trinajstić information content (AvgIpc) is 3.33. The van der Waals surface area contributed by atoms with Gasteiger partial charge in [-0.15, -0.1) is 0 Å². The maximum Gasteiger partial charge on any atom is 0.243 e. The number of ether oxygens (including phenoxy) is 1. The summed E-state index contributed by atoms with van der Waals surface area (Å²) >= 11 is 0. The van der Waals surface area contributed by atoms with Crippen LogP contribution >= 0.6 is 0 Å². The van der Waals surface area contributed by atoms with Crippen LogP contribution in [0.4, 0.5) is 0 Å². The van der Waals surface area contributed by atoms with Crippen LogP contribution in [0.15, 0.2) is 0 Å². The number of hydrogen-bond donors (Lipinski definition) is 7. The zero-order valence-corrected chi connectivity index (χ0v) is 21.4. The van der Waals surface area contributed by atoms with E-state index < -0.39 is 60.4 Å². The van der Waals surface area contributed by atoms with Crippen molar-refractivity contribution in [3.05, 3.63) is 0 Å². The Labute approximate surface area is 211 Å². The number of hydrogen-bond acceptors (Lipinski definition) is 9. The summed E-state index contributed by atoms with van der Waals surface area (Å²) in [7, 11) is 1.67. The molecule has 13 nitrogen and oxygen atoms in total. The van der Waals surface area contributed by atoms with Crippen LogP contribution in [0.1, 0.15) is 52.4 Å². The monoisotopic (exact) mass is 514 g/mol. The molecule has 0 bridgehead atoms. The quantitative estimate of drug-likeness (QED) is 0.135. The largest absolute Gasteiger partial charge is 0.388 e. The highest BCUT2D eigenvalue weighted by Crippen LogP contribution is 2.21. The molecule has 8 N–H and O–H groups in total. The summed E-state index contributed by atoms with van der Waals surface area (Å²) in [6.45, 7) is 3.73. The topological polar surface area (TPSA) is 195 Å². The standard InChI is InChI=1S/C23H42N6O7/c1-13(27-22(34)15(25-3)7-4-5-9-24)21(33)26-12-18(30)29-10-6-8-17(29)23(35)28-16-11-19(31)36-14(2)20(16)32/h13-17,19-20,25,31-32H,4-12,24H2,1-3H3,(H,26,33)(H,27,34)(H,28,35). The van der Waals surface area contributed by atoms with Crippen LogP contribution in [0.2, 0.25) is 0 Å². The molecule has 0 spiro atoms. The summed E-state index contributed by atoms with van der Waals surface area (Å²) in [4.78, 5) is 51.9. The van der Waals surface area contributed by atoms with Crippen molar-refractivity contribution in [2.45, 2.75) is 95.0 Å². The highest BCUT2D eigenvalue weighted by molar-refractivity contribution is 5.93. The van der Waals surface area contributed by atoms with Gasteiger partial charge in [0.1, 0.15) is 18.2 Å². The van der Waals surface area contributed by atoms with E-state index in [-0.39, 0.29) is 18.9 Å². The van der Waals surface area contributed by atoms with Gasteiger partial charge in [0, 0.05) is 13.0 Å². The van der Waals surface area contributed by atoms with Crippen molar-refractivity contribution in [3.8, 4) is 0 Å². The Hall–Kier alpha value is -2.32. The molecule has 2 aliphatic rings. The summed E-state index contributed by atoms with van der Waals surface area (Å²) in [5.74, 6) is -1.67. The molecular weight excluding hydrogens is 472 g/mol. The van der Waals surface area contributed by atoms with Crippen molar-refractivity contribution in [2.75, 3.05) is 26.7 Å². The first-order valence-electron chi connectivity index (χ1n) is 12.7. The molecule has 4 amide bonds. The molecule has 2 heterocycles. The smallest absolute Gasteiger partial charge is 0.243 e. The second-order valence-electron chi connectivity index (χ2n) is 9.46. The summed E-state index contributed by atoms with van der Waals surface area (Å²) in [5, 5.41) is 30.9. The van der Waals surface area contributed by atoms with Gasteiger partial charge in [-0.25, -0.2) is 0 Å². The van der Waals surface area contributed by atoms with Crippen LogP contribution in [-0.4, -0.2) is 108 Å². The number of rotatable bonds is 12. The fourth-order valence-corrected chi connectivity index (χ4v) is 4.52. The number of nitrogens with two attached hydrogens (primary N) is 1. The highest BCUT2D eigenvalue weighted by Gasteiger charge is 2.39. The zero-order valence-electron chi connectivity index (χ0n) is 21.4. The molecule has 7 atom stereocenters. The number of carbonyl (C=O) groups is 4. The minimum Gasteiger partial charge on any atom is -0.388 e. The number of amides is 4. The normalized spacial score (nSPS) is 27.7. The number of nitrogens with zero attached hydrogens (tertiary/aromatic N) is 1. The Balaban J connectivity index is 1.83. The summed E-state index contributed by atoms with van der Waals surface area (Å²) in [6, 6.07) is -2.74. The van der Waals surface area contributed by atoms with Gasteiger partial charge >= 0.3 is 0 Å². The third-order valence-electron chi connectivity index (χ3n) is 6.70. The lowest BCUT2D eigenvalue weighted by Crippen LogP contribution is -2.58. The summed E-state index contributed by atoms with van der Waals surface area (Å²) < 4.78 is 5.15. The van der Waals surface area contributed by atoms with E-state index in [1.807, 2.05) is 0 Å². The van der Waals surface area contributed by atoms with E-state index in [0.29, 0.717) is 32.4 Å². The molecule has 2 fully saturated rings. The van der Waals surface area contributed by atoms with E-state index >= 15 is 0 Å². The Morgan fingerprint density at radius 2 is 1.89 bits per heavy atom. The Kier molecular flexibility index (Phi) is 12.0. The third kappa shape index (κ3) is 8.37. The van der Waals surface area contributed by atoms with Crippen LogP contribution < -0.4 is 27.0 Å². The SMILES string of the molecule is CNC(CCCCN)C(=O)NC(C)C(=O)NCC(=O)N1CCCC1C(=O)NC1CC(O)OC(C)C1O. The van der Waals surface area contributed by atoms with Crippen molar-refractivity contribution in [1.82, 2.24) is 26.2 Å². The molecule has 2 rings (SSSR count). The lowest BCUT2D eigenvalue weighted by molar-refractivity contribution is -0.203. The predicted octanol–water partition coefficient (Wildman–Crippen LogP) is -2.71. The van der Waals surface area contributed by atoms with Gasteiger partial charge in [-0.05, 0) is 53.1 Å². The number of aliphatic hydroxyl groups is 2. The Morgan fingerprint density at radius 3 is 2.56 bits per heavy atom. The highest BCUT2D eigenvalue weighted by atomic mass is 16.6. The first-order chi connectivity index (χ1) is 17.1. The molecule has 0 aliphatic carbocycles. The van der Waals surface area contributed by atoms with Crippen molar-refractivity contribution in [2.24, 2.45) is 5.73 Å². The number of unbranched alkanes of at least 4 members (excludes halogenated alkanes) is 1. The van der Waals surface area contributed by atoms with E-state index in [1.165, 1.54) is 11.8 Å². The van der Waals surface area contributed by atoms with Crippen molar-refractivity contribution < 1.29 is 34.1 Å². The first kappa shape index (κ1) is 29.9. The van der Waals surface area contributed by atoms with E-state index in [0.717, 1.165) is 12.8 Å². The van der Waals surface area contributed by atoms with Crippen LogP contribution in [-0.2, 0) is 23.9 Å². The lowest BCUT2D eigenvalue weighted by Gasteiger charge is -2.37. The molecule has 2 aliphatic heterocycles. The molecule has 36 heavy (non-hydrogen) atoms. The predicted molar refractivity (Wildman–Crippen MR) is 130 cm³/mol. The number of aliphatic hydroxyl groups excluding tert-OH is 2. The first-order valence-corrected chi connectivity index (χ1v) is 12.7. The molecule has 0 radical (unpaired) electrons. The van der Waals surface area contributed by atoms with Crippen molar-refractivity contribution in [1.29, 1.82) is 0 Å². The molecular formula is C23H42N6O7. The second-order valence-corrected chi connectivity index (χ2v) is 9.46. The molecule has 206 valence electrons. The fourth-order valence-electron chi connectivity index (χ4n) is 4.52. The van der Waals surface area contributed by atoms with Crippen LogP contribution in [0.3, 0.4) is 0 Å². The number of nitrogens with one attached hydrogen (secondary N) is 4. The Morgan fingerprint density at radius 1 is 1.17 bits per heavy atom. The molecule has 0 aromatic rings. The minimum atomic E-state index is -1.10. The molecule has 0 aromatic carbocycles. The van der Waals surface area contributed by atoms with Gasteiger partial charge in [0.15, 0.2) is 6.29 Å². The van der Waals surface area contributed by atoms with Gasteiger partial charge in [-0.2, -0.15) is 0 Å². The van der Waals surface area contributed by atoms with Gasteiger partial charge in [-0.3, -0.25) is 19.2 Å². The third-order valence-corrected chi connectivity index (χ3v) is 6.70. The second kappa shape index (κ2) is 14.4. The van der Waals surface area contributed by atoms with Gasteiger partial charge in [0.2, 0.25) is 23.6 Å². The molecule has 0 aromatic heterocycles. The molecule has 13 heteroatoms. The van der Waals surface area contributed by atoms with Crippen molar-refractivity contribution in [3.63, 3.8) is 0 Å². The molecule has 7 unspecified atom stereocenters. The molecule has 2 saturated heterocycles.